The first-order valence-corrected chi connectivity index (χ1v) is 7.82. The lowest BCUT2D eigenvalue weighted by Gasteiger charge is -2.23. The van der Waals surface area contributed by atoms with Gasteiger partial charge in [0.2, 0.25) is 5.95 Å². The first kappa shape index (κ1) is 13.7. The van der Waals surface area contributed by atoms with Crippen LogP contribution in [0.15, 0.2) is 60.0 Å². The van der Waals surface area contributed by atoms with Crippen molar-refractivity contribution in [2.24, 2.45) is 10.7 Å². The summed E-state index contributed by atoms with van der Waals surface area (Å²) >= 11 is 0. The fourth-order valence-electron chi connectivity index (χ4n) is 3.16. The predicted octanol–water partition coefficient (Wildman–Crippen LogP) is 2.11. The van der Waals surface area contributed by atoms with Crippen molar-refractivity contribution in [3.05, 3.63) is 60.6 Å². The Hall–Kier alpha value is -3.68. The molecule has 1 aliphatic heterocycles. The number of benzene rings is 1. The highest BCUT2D eigenvalue weighted by molar-refractivity contribution is 5.94. The number of hydrogen-bond donors (Lipinski definition) is 3. The molecule has 1 atom stereocenters. The molecule has 0 bridgehead atoms. The lowest BCUT2D eigenvalue weighted by atomic mass is 10.1. The quantitative estimate of drug-likeness (QED) is 0.521. The number of anilines is 1. The van der Waals surface area contributed by atoms with Gasteiger partial charge in [0.25, 0.3) is 0 Å². The Morgan fingerprint density at radius 1 is 1.08 bits per heavy atom. The van der Waals surface area contributed by atoms with Crippen LogP contribution in [-0.2, 0) is 0 Å². The van der Waals surface area contributed by atoms with E-state index in [1.54, 1.807) is 18.6 Å². The number of aliphatic imine (C=N–C) groups is 1. The van der Waals surface area contributed by atoms with Gasteiger partial charge in [0.15, 0.2) is 12.1 Å². The Morgan fingerprint density at radius 3 is 2.88 bits per heavy atom. The molecule has 0 unspecified atom stereocenters. The Bertz CT molecular complexity index is 1090. The van der Waals surface area contributed by atoms with Crippen molar-refractivity contribution in [2.45, 2.75) is 6.17 Å². The summed E-state index contributed by atoms with van der Waals surface area (Å²) in [5.41, 5.74) is 10.6. The first-order chi connectivity index (χ1) is 12.3. The highest BCUT2D eigenvalue weighted by Crippen LogP contribution is 2.35. The molecule has 0 aliphatic carbocycles. The Balaban J connectivity index is 1.74. The van der Waals surface area contributed by atoms with Gasteiger partial charge in [-0.3, -0.25) is 20.0 Å². The number of para-hydroxylation sites is 2. The third-order valence-corrected chi connectivity index (χ3v) is 4.24. The summed E-state index contributed by atoms with van der Waals surface area (Å²) in [5.74, 6) is 0.989. The maximum Gasteiger partial charge on any atom is 0.212 e. The van der Waals surface area contributed by atoms with E-state index in [0.717, 1.165) is 27.9 Å². The number of nitrogens with two attached hydrogens (primary N) is 1. The normalized spacial score (nSPS) is 16.3. The summed E-state index contributed by atoms with van der Waals surface area (Å²) in [6.07, 6.45) is 4.94. The third-order valence-electron chi connectivity index (χ3n) is 4.24. The molecule has 1 aliphatic rings. The molecule has 8 heteroatoms. The minimum atomic E-state index is -0.363. The van der Waals surface area contributed by atoms with Crippen molar-refractivity contribution in [1.29, 1.82) is 0 Å². The number of rotatable bonds is 2. The van der Waals surface area contributed by atoms with Crippen LogP contribution in [-0.4, -0.2) is 30.7 Å². The Kier molecular flexibility index (Phi) is 2.84. The lowest BCUT2D eigenvalue weighted by molar-refractivity contribution is 0.628. The van der Waals surface area contributed by atoms with E-state index >= 15 is 0 Å². The smallest absolute Gasteiger partial charge is 0.212 e. The zero-order valence-corrected chi connectivity index (χ0v) is 13.1. The molecule has 8 nitrogen and oxygen atoms in total. The van der Waals surface area contributed by atoms with Gasteiger partial charge >= 0.3 is 0 Å². The largest absolute Gasteiger partial charge is 0.370 e. The summed E-state index contributed by atoms with van der Waals surface area (Å²) < 4.78 is 2.02. The molecule has 0 amide bonds. The van der Waals surface area contributed by atoms with E-state index in [9.17, 15) is 0 Å². The molecule has 25 heavy (non-hydrogen) atoms. The van der Waals surface area contributed by atoms with E-state index in [-0.39, 0.29) is 6.17 Å². The summed E-state index contributed by atoms with van der Waals surface area (Å²) in [4.78, 5) is 13.4. The zero-order chi connectivity index (χ0) is 16.8. The second-order valence-corrected chi connectivity index (χ2v) is 5.75. The first-order valence-electron chi connectivity index (χ1n) is 7.82. The maximum atomic E-state index is 6.00. The molecular weight excluding hydrogens is 316 g/mol. The predicted molar refractivity (Wildman–Crippen MR) is 94.9 cm³/mol. The number of nitrogens with one attached hydrogen (secondary N) is 2. The standard InChI is InChI=1S/C17H14N8/c18-16-22-15(11-9-20-24-14(11)10-4-3-7-19-8-10)25-13-6-2-1-5-12(13)21-17(25)23-16/h1-9,15H,(H,20,24)(H3,18,21,22,23)/t15-/m1/s1. The van der Waals surface area contributed by atoms with Crippen molar-refractivity contribution < 1.29 is 0 Å². The van der Waals surface area contributed by atoms with Crippen LogP contribution in [0.4, 0.5) is 5.95 Å². The van der Waals surface area contributed by atoms with E-state index in [1.165, 1.54) is 0 Å². The average molecular weight is 330 g/mol. The molecule has 4 aromatic rings. The lowest BCUT2D eigenvalue weighted by Crippen LogP contribution is -2.31. The van der Waals surface area contributed by atoms with Crippen molar-refractivity contribution in [3.8, 4) is 11.3 Å². The molecule has 0 saturated carbocycles. The van der Waals surface area contributed by atoms with Crippen LogP contribution in [0.3, 0.4) is 0 Å². The summed E-state index contributed by atoms with van der Waals surface area (Å²) in [6.45, 7) is 0. The van der Waals surface area contributed by atoms with E-state index in [2.05, 4.69) is 30.5 Å². The summed E-state index contributed by atoms with van der Waals surface area (Å²) in [7, 11) is 0. The highest BCUT2D eigenvalue weighted by Gasteiger charge is 2.28. The molecule has 0 spiro atoms. The van der Waals surface area contributed by atoms with Gasteiger partial charge in [-0.05, 0) is 24.3 Å². The molecule has 3 aromatic heterocycles. The van der Waals surface area contributed by atoms with Crippen molar-refractivity contribution in [1.82, 2.24) is 24.7 Å². The number of aromatic amines is 1. The van der Waals surface area contributed by atoms with Gasteiger partial charge in [0.05, 0.1) is 22.9 Å². The van der Waals surface area contributed by atoms with Crippen molar-refractivity contribution >= 4 is 22.9 Å². The van der Waals surface area contributed by atoms with Gasteiger partial charge in [-0.25, -0.2) is 9.98 Å². The number of fused-ring (bicyclic) bond motifs is 3. The van der Waals surface area contributed by atoms with Crippen LogP contribution in [0.1, 0.15) is 11.7 Å². The highest BCUT2D eigenvalue weighted by atomic mass is 15.4. The molecule has 1 aromatic carbocycles. The zero-order valence-electron chi connectivity index (χ0n) is 13.1. The Labute approximate surface area is 142 Å². The van der Waals surface area contributed by atoms with Crippen LogP contribution >= 0.6 is 0 Å². The molecule has 0 radical (unpaired) electrons. The van der Waals surface area contributed by atoms with Gasteiger partial charge in [0, 0.05) is 23.5 Å². The minimum absolute atomic E-state index is 0.325. The van der Waals surface area contributed by atoms with E-state index in [4.69, 9.17) is 5.73 Å². The Morgan fingerprint density at radius 2 is 2.00 bits per heavy atom. The number of nitrogens with zero attached hydrogens (tertiary/aromatic N) is 5. The van der Waals surface area contributed by atoms with Crippen LogP contribution in [0, 0.1) is 0 Å². The molecule has 4 N–H and O–H groups in total. The van der Waals surface area contributed by atoms with E-state index in [1.807, 2.05) is 41.0 Å². The number of aromatic nitrogens is 5. The average Bonchev–Trinajstić information content (AvgIpc) is 3.26. The minimum Gasteiger partial charge on any atom is -0.370 e. The number of hydrogen-bond acceptors (Lipinski definition) is 6. The summed E-state index contributed by atoms with van der Waals surface area (Å²) in [6, 6.07) is 11.8. The number of guanidine groups is 1. The van der Waals surface area contributed by atoms with Gasteiger partial charge in [-0.2, -0.15) is 5.10 Å². The summed E-state index contributed by atoms with van der Waals surface area (Å²) in [5, 5.41) is 10.3. The van der Waals surface area contributed by atoms with Gasteiger partial charge in [0.1, 0.15) is 0 Å². The van der Waals surface area contributed by atoms with Crippen LogP contribution in [0.25, 0.3) is 22.3 Å². The maximum absolute atomic E-state index is 6.00. The molecule has 5 rings (SSSR count). The fraction of sp³-hybridized carbons (Fsp3) is 0.0588. The number of H-pyrrole nitrogens is 1. The van der Waals surface area contributed by atoms with Gasteiger partial charge in [-0.15, -0.1) is 0 Å². The number of pyridine rings is 1. The van der Waals surface area contributed by atoms with Crippen LogP contribution < -0.4 is 11.1 Å². The number of imidazole rings is 1. The molecule has 4 heterocycles. The van der Waals surface area contributed by atoms with Crippen molar-refractivity contribution in [2.75, 3.05) is 5.32 Å². The van der Waals surface area contributed by atoms with E-state index in [0.29, 0.717) is 11.9 Å². The topological polar surface area (TPSA) is 110 Å². The van der Waals surface area contributed by atoms with Crippen molar-refractivity contribution in [3.63, 3.8) is 0 Å². The monoisotopic (exact) mass is 330 g/mol. The third kappa shape index (κ3) is 2.08. The second kappa shape index (κ2) is 5.17. The molecule has 0 fully saturated rings. The van der Waals surface area contributed by atoms with Crippen LogP contribution in [0.5, 0.6) is 0 Å². The SMILES string of the molecule is NC1=N[C@@H](c2cn[nH]c2-c2cccnc2)n2c(nc3ccccc32)N1. The van der Waals surface area contributed by atoms with Gasteiger partial charge in [-0.1, -0.05) is 12.1 Å². The van der Waals surface area contributed by atoms with Gasteiger partial charge < -0.3 is 5.73 Å². The fourth-order valence-corrected chi connectivity index (χ4v) is 3.16. The molecular formula is C17H14N8. The second-order valence-electron chi connectivity index (χ2n) is 5.75. The van der Waals surface area contributed by atoms with Crippen LogP contribution in [0.2, 0.25) is 0 Å². The molecule has 122 valence electrons. The molecule has 0 saturated heterocycles. The van der Waals surface area contributed by atoms with E-state index < -0.39 is 0 Å².